The molecule has 0 saturated heterocycles. The van der Waals surface area contributed by atoms with E-state index in [2.05, 4.69) is 20.6 Å². The number of halogens is 1. The lowest BCUT2D eigenvalue weighted by Gasteiger charge is -2.20. The molecule has 0 radical (unpaired) electrons. The fraction of sp³-hybridized carbons (Fsp3) is 0.615. The highest BCUT2D eigenvalue weighted by Crippen LogP contribution is 2.11. The molecule has 1 heterocycles. The van der Waals surface area contributed by atoms with E-state index in [4.69, 9.17) is 11.6 Å². The van der Waals surface area contributed by atoms with Gasteiger partial charge in [-0.25, -0.2) is 9.97 Å². The molecule has 1 amide bonds. The SMILES string of the molecule is CCc1nc(Cl)cc(NCCC(=O)NC(C)(C)C)n1. The number of nitrogens with zero attached hydrogens (tertiary/aromatic N) is 2. The van der Waals surface area contributed by atoms with Crippen molar-refractivity contribution < 1.29 is 4.79 Å². The summed E-state index contributed by atoms with van der Waals surface area (Å²) in [5.74, 6) is 1.35. The smallest absolute Gasteiger partial charge is 0.222 e. The van der Waals surface area contributed by atoms with Crippen LogP contribution in [0.3, 0.4) is 0 Å². The fourth-order valence-electron chi connectivity index (χ4n) is 1.50. The summed E-state index contributed by atoms with van der Waals surface area (Å²) in [5.41, 5.74) is -0.204. The van der Waals surface area contributed by atoms with Crippen molar-refractivity contribution in [1.82, 2.24) is 15.3 Å². The van der Waals surface area contributed by atoms with E-state index in [0.717, 1.165) is 6.42 Å². The summed E-state index contributed by atoms with van der Waals surface area (Å²) < 4.78 is 0. The molecule has 0 aliphatic carbocycles. The zero-order chi connectivity index (χ0) is 14.5. The van der Waals surface area contributed by atoms with Crippen LogP contribution in [0, 0.1) is 0 Å². The maximum Gasteiger partial charge on any atom is 0.222 e. The number of hydrogen-bond donors (Lipinski definition) is 2. The molecule has 1 rings (SSSR count). The minimum absolute atomic E-state index is 0.0101. The summed E-state index contributed by atoms with van der Waals surface area (Å²) in [6, 6.07) is 1.66. The molecule has 6 heteroatoms. The van der Waals surface area contributed by atoms with Crippen LogP contribution in [0.5, 0.6) is 0 Å². The van der Waals surface area contributed by atoms with Crippen molar-refractivity contribution >= 4 is 23.3 Å². The number of anilines is 1. The van der Waals surface area contributed by atoms with Crippen LogP contribution in [0.4, 0.5) is 5.82 Å². The molecule has 1 aromatic rings. The molecular formula is C13H21ClN4O. The Labute approximate surface area is 119 Å². The van der Waals surface area contributed by atoms with E-state index >= 15 is 0 Å². The number of aromatic nitrogens is 2. The molecule has 2 N–H and O–H groups in total. The highest BCUT2D eigenvalue weighted by Gasteiger charge is 2.13. The maximum absolute atomic E-state index is 11.6. The first-order valence-electron chi connectivity index (χ1n) is 6.38. The third kappa shape index (κ3) is 6.38. The Hall–Kier alpha value is -1.36. The van der Waals surface area contributed by atoms with Crippen molar-refractivity contribution in [1.29, 1.82) is 0 Å². The van der Waals surface area contributed by atoms with Crippen molar-refractivity contribution in [3.05, 3.63) is 17.0 Å². The van der Waals surface area contributed by atoms with Gasteiger partial charge in [0.05, 0.1) is 0 Å². The Morgan fingerprint density at radius 1 is 1.37 bits per heavy atom. The van der Waals surface area contributed by atoms with Crippen molar-refractivity contribution in [2.75, 3.05) is 11.9 Å². The van der Waals surface area contributed by atoms with E-state index in [1.165, 1.54) is 0 Å². The van der Waals surface area contributed by atoms with Gasteiger partial charge >= 0.3 is 0 Å². The number of rotatable bonds is 5. The van der Waals surface area contributed by atoms with Crippen LogP contribution in [0.15, 0.2) is 6.07 Å². The van der Waals surface area contributed by atoms with Gasteiger partial charge in [0.15, 0.2) is 0 Å². The topological polar surface area (TPSA) is 66.9 Å². The third-order valence-corrected chi connectivity index (χ3v) is 2.42. The lowest BCUT2D eigenvalue weighted by Crippen LogP contribution is -2.41. The molecule has 0 aromatic carbocycles. The predicted molar refractivity (Wildman–Crippen MR) is 77.4 cm³/mol. The molecular weight excluding hydrogens is 264 g/mol. The molecule has 0 bridgehead atoms. The standard InChI is InChI=1S/C13H21ClN4O/c1-5-10-16-9(14)8-11(17-10)15-7-6-12(19)18-13(2,3)4/h8H,5-7H2,1-4H3,(H,18,19)(H,15,16,17). The summed E-state index contributed by atoms with van der Waals surface area (Å²) in [6.07, 6.45) is 1.11. The van der Waals surface area contributed by atoms with Crippen molar-refractivity contribution in [2.45, 2.75) is 46.1 Å². The zero-order valence-corrected chi connectivity index (χ0v) is 12.6. The van der Waals surface area contributed by atoms with Crippen LogP contribution < -0.4 is 10.6 Å². The van der Waals surface area contributed by atoms with Gasteiger partial charge in [0.25, 0.3) is 0 Å². The predicted octanol–water partition coefficient (Wildman–Crippen LogP) is 2.41. The van der Waals surface area contributed by atoms with Crippen molar-refractivity contribution in [3.63, 3.8) is 0 Å². The summed E-state index contributed by atoms with van der Waals surface area (Å²) >= 11 is 5.89. The van der Waals surface area contributed by atoms with E-state index in [-0.39, 0.29) is 11.4 Å². The second-order valence-electron chi connectivity index (χ2n) is 5.32. The van der Waals surface area contributed by atoms with E-state index in [1.54, 1.807) is 6.07 Å². The van der Waals surface area contributed by atoms with Crippen molar-refractivity contribution in [3.8, 4) is 0 Å². The van der Waals surface area contributed by atoms with Crippen LogP contribution in [0.25, 0.3) is 0 Å². The first-order chi connectivity index (χ1) is 8.80. The highest BCUT2D eigenvalue weighted by molar-refractivity contribution is 6.29. The Balaban J connectivity index is 2.45. The molecule has 0 fully saturated rings. The number of carbonyl (C=O) groups excluding carboxylic acids is 1. The van der Waals surface area contributed by atoms with Gasteiger partial charge in [-0.2, -0.15) is 0 Å². The van der Waals surface area contributed by atoms with Gasteiger partial charge in [0, 0.05) is 31.0 Å². The Bertz CT molecular complexity index is 443. The van der Waals surface area contributed by atoms with Crippen LogP contribution in [0.2, 0.25) is 5.15 Å². The molecule has 0 unspecified atom stereocenters. The molecule has 106 valence electrons. The fourth-order valence-corrected chi connectivity index (χ4v) is 1.70. The second kappa shape index (κ2) is 6.70. The highest BCUT2D eigenvalue weighted by atomic mass is 35.5. The van der Waals surface area contributed by atoms with Gasteiger partial charge in [0.1, 0.15) is 16.8 Å². The molecule has 0 aliphatic rings. The minimum atomic E-state index is -0.204. The minimum Gasteiger partial charge on any atom is -0.369 e. The Morgan fingerprint density at radius 3 is 2.63 bits per heavy atom. The number of amides is 1. The molecule has 0 saturated carbocycles. The summed E-state index contributed by atoms with van der Waals surface area (Å²) in [6.45, 7) is 8.34. The first kappa shape index (κ1) is 15.7. The number of hydrogen-bond acceptors (Lipinski definition) is 4. The second-order valence-corrected chi connectivity index (χ2v) is 5.71. The number of nitrogens with one attached hydrogen (secondary N) is 2. The first-order valence-corrected chi connectivity index (χ1v) is 6.76. The molecule has 19 heavy (non-hydrogen) atoms. The number of carbonyl (C=O) groups is 1. The van der Waals surface area contributed by atoms with Gasteiger partial charge in [0.2, 0.25) is 5.91 Å². The summed E-state index contributed by atoms with van der Waals surface area (Å²) in [4.78, 5) is 20.0. The van der Waals surface area contributed by atoms with E-state index in [1.807, 2.05) is 27.7 Å². The van der Waals surface area contributed by atoms with Crippen LogP contribution >= 0.6 is 11.6 Å². The zero-order valence-electron chi connectivity index (χ0n) is 11.9. The van der Waals surface area contributed by atoms with E-state index in [0.29, 0.717) is 29.8 Å². The average molecular weight is 285 g/mol. The van der Waals surface area contributed by atoms with Gasteiger partial charge < -0.3 is 10.6 Å². The van der Waals surface area contributed by atoms with Gasteiger partial charge in [-0.3, -0.25) is 4.79 Å². The van der Waals surface area contributed by atoms with Crippen LogP contribution in [0.1, 0.15) is 39.9 Å². The third-order valence-electron chi connectivity index (χ3n) is 2.23. The lowest BCUT2D eigenvalue weighted by atomic mass is 10.1. The number of aryl methyl sites for hydroxylation is 1. The normalized spacial score (nSPS) is 11.2. The average Bonchev–Trinajstić information content (AvgIpc) is 2.25. The molecule has 5 nitrogen and oxygen atoms in total. The van der Waals surface area contributed by atoms with Gasteiger partial charge in [-0.15, -0.1) is 0 Å². The van der Waals surface area contributed by atoms with E-state index < -0.39 is 0 Å². The maximum atomic E-state index is 11.6. The van der Waals surface area contributed by atoms with Crippen molar-refractivity contribution in [2.24, 2.45) is 0 Å². The van der Waals surface area contributed by atoms with Crippen LogP contribution in [-0.2, 0) is 11.2 Å². The molecule has 0 spiro atoms. The lowest BCUT2D eigenvalue weighted by molar-refractivity contribution is -0.122. The Kier molecular flexibility index (Phi) is 5.54. The summed E-state index contributed by atoms with van der Waals surface area (Å²) in [5, 5.41) is 6.39. The largest absolute Gasteiger partial charge is 0.369 e. The molecule has 0 aliphatic heterocycles. The molecule has 0 atom stereocenters. The van der Waals surface area contributed by atoms with Gasteiger partial charge in [-0.1, -0.05) is 18.5 Å². The summed E-state index contributed by atoms with van der Waals surface area (Å²) in [7, 11) is 0. The quantitative estimate of drug-likeness (QED) is 0.815. The molecule has 1 aromatic heterocycles. The van der Waals surface area contributed by atoms with Crippen LogP contribution in [-0.4, -0.2) is 28.0 Å². The van der Waals surface area contributed by atoms with Gasteiger partial charge in [-0.05, 0) is 20.8 Å². The monoisotopic (exact) mass is 284 g/mol. The Morgan fingerprint density at radius 2 is 2.05 bits per heavy atom. The van der Waals surface area contributed by atoms with E-state index in [9.17, 15) is 4.79 Å².